The summed E-state index contributed by atoms with van der Waals surface area (Å²) in [5.74, 6) is -0.682. The van der Waals surface area contributed by atoms with Crippen LogP contribution in [0, 0.1) is 5.41 Å². The van der Waals surface area contributed by atoms with Crippen LogP contribution in [0.3, 0.4) is 0 Å². The molecule has 0 fully saturated rings. The molecule has 0 saturated heterocycles. The molecule has 0 saturated carbocycles. The molecule has 0 radical (unpaired) electrons. The number of hydrogen-bond donors (Lipinski definition) is 3. The molecule has 2 aromatic rings. The normalized spacial score (nSPS) is 11.4. The van der Waals surface area contributed by atoms with Crippen molar-refractivity contribution in [3.63, 3.8) is 0 Å². The lowest BCUT2D eigenvalue weighted by Gasteiger charge is -2.16. The molecule has 0 bridgehead atoms. The van der Waals surface area contributed by atoms with Gasteiger partial charge in [-0.2, -0.15) is 0 Å². The second kappa shape index (κ2) is 16.8. The summed E-state index contributed by atoms with van der Waals surface area (Å²) in [6.07, 6.45) is -0.887. The highest BCUT2D eigenvalue weighted by Crippen LogP contribution is 2.33. The molecule has 0 aromatic heterocycles. The fourth-order valence-corrected chi connectivity index (χ4v) is 3.03. The summed E-state index contributed by atoms with van der Waals surface area (Å²) < 4.78 is 47.9. The molecule has 1 atom stereocenters. The second-order valence-corrected chi connectivity index (χ2v) is 7.57. The first-order valence-electron chi connectivity index (χ1n) is 11.1. The minimum Gasteiger partial charge on any atom is -0.516 e. The van der Waals surface area contributed by atoms with Crippen LogP contribution in [0.5, 0.6) is 11.5 Å². The van der Waals surface area contributed by atoms with Gasteiger partial charge in [-0.3, -0.25) is 4.79 Å². The Kier molecular flexibility index (Phi) is 15.1. The van der Waals surface area contributed by atoms with E-state index in [1.54, 1.807) is 43.3 Å². The number of ether oxygens (including phenoxy) is 2. The van der Waals surface area contributed by atoms with Gasteiger partial charge in [0.2, 0.25) is 0 Å². The molecule has 0 aliphatic rings. The van der Waals surface area contributed by atoms with E-state index in [0.29, 0.717) is 28.9 Å². The third kappa shape index (κ3) is 12.6. The summed E-state index contributed by atoms with van der Waals surface area (Å²) in [6, 6.07) is 11.5. The Morgan fingerprint density at radius 3 is 2.22 bits per heavy atom. The number of hydrogen-bond acceptors (Lipinski definition) is 5. The fourth-order valence-electron chi connectivity index (χ4n) is 3.03. The van der Waals surface area contributed by atoms with Crippen molar-refractivity contribution in [2.45, 2.75) is 58.9 Å². The number of halogens is 3. The smallest absolute Gasteiger partial charge is 0.516 e. The van der Waals surface area contributed by atoms with Gasteiger partial charge in [-0.05, 0) is 66.9 Å². The largest absolute Gasteiger partial charge is 0.573 e. The average molecular weight is 510 g/mol. The van der Waals surface area contributed by atoms with Gasteiger partial charge in [0.05, 0.1) is 12.7 Å². The van der Waals surface area contributed by atoms with Gasteiger partial charge in [-0.1, -0.05) is 51.1 Å². The van der Waals surface area contributed by atoms with Gasteiger partial charge < -0.3 is 25.1 Å². The summed E-state index contributed by atoms with van der Waals surface area (Å²) in [5, 5.41) is 22.1. The quantitative estimate of drug-likeness (QED) is 0.223. The molecule has 36 heavy (non-hydrogen) atoms. The van der Waals surface area contributed by atoms with Gasteiger partial charge in [-0.15, -0.1) is 13.2 Å². The molecule has 0 heterocycles. The average Bonchev–Trinajstić information content (AvgIpc) is 2.84. The van der Waals surface area contributed by atoms with Crippen molar-refractivity contribution in [2.24, 2.45) is 0 Å². The molecule has 3 N–H and O–H groups in total. The van der Waals surface area contributed by atoms with Crippen LogP contribution in [0.2, 0.25) is 0 Å². The van der Waals surface area contributed by atoms with Crippen molar-refractivity contribution < 1.29 is 37.7 Å². The summed E-state index contributed by atoms with van der Waals surface area (Å²) in [4.78, 5) is 10.8. The summed E-state index contributed by atoms with van der Waals surface area (Å²) >= 11 is 0. The predicted octanol–water partition coefficient (Wildman–Crippen LogP) is 7.90. The molecule has 198 valence electrons. The molecule has 0 spiro atoms. The van der Waals surface area contributed by atoms with E-state index in [1.165, 1.54) is 12.1 Å². The summed E-state index contributed by atoms with van der Waals surface area (Å²) in [5.41, 5.74) is 2.44. The molecular weight excluding hydrogens is 475 g/mol. The Balaban J connectivity index is 0.00000185. The van der Waals surface area contributed by atoms with Gasteiger partial charge in [0.15, 0.2) is 0 Å². The number of carboxylic acid groups (broad SMARTS) is 1. The van der Waals surface area contributed by atoms with Crippen molar-refractivity contribution in [1.29, 1.82) is 5.41 Å². The number of allylic oxidation sites excluding steroid dienone is 2. The molecular formula is C27H34F3NO5. The van der Waals surface area contributed by atoms with E-state index in [-0.39, 0.29) is 24.7 Å². The maximum Gasteiger partial charge on any atom is 0.573 e. The maximum absolute atomic E-state index is 12.7. The highest BCUT2D eigenvalue weighted by atomic mass is 19.4. The van der Waals surface area contributed by atoms with Gasteiger partial charge in [0, 0.05) is 5.56 Å². The number of carboxylic acids is 1. The van der Waals surface area contributed by atoms with Crippen LogP contribution in [-0.2, 0) is 11.4 Å². The molecule has 0 aliphatic carbocycles. The second-order valence-electron chi connectivity index (χ2n) is 7.57. The van der Waals surface area contributed by atoms with Crippen molar-refractivity contribution >= 4 is 18.3 Å². The highest BCUT2D eigenvalue weighted by molar-refractivity contribution is 5.69. The lowest BCUT2D eigenvalue weighted by molar-refractivity contribution is -0.274. The number of benzene rings is 2. The zero-order valence-electron chi connectivity index (χ0n) is 20.8. The molecule has 9 heteroatoms. The third-order valence-electron chi connectivity index (χ3n) is 4.69. The Morgan fingerprint density at radius 1 is 1.17 bits per heavy atom. The lowest BCUT2D eigenvalue weighted by atomic mass is 9.98. The highest BCUT2D eigenvalue weighted by Gasteiger charge is 2.32. The minimum absolute atomic E-state index is 0.0387. The molecule has 0 aliphatic heterocycles. The summed E-state index contributed by atoms with van der Waals surface area (Å²) in [6.45, 7) is 12.0. The minimum atomic E-state index is -4.78. The molecule has 2 rings (SSSR count). The number of aliphatic hydroxyl groups is 1. The third-order valence-corrected chi connectivity index (χ3v) is 4.69. The topological polar surface area (TPSA) is 99.8 Å². The number of aliphatic carboxylic acids is 1. The monoisotopic (exact) mass is 509 g/mol. The predicted molar refractivity (Wildman–Crippen MR) is 136 cm³/mol. The van der Waals surface area contributed by atoms with E-state index < -0.39 is 12.3 Å². The Labute approximate surface area is 210 Å². The first kappa shape index (κ1) is 32.2. The van der Waals surface area contributed by atoms with Crippen molar-refractivity contribution in [2.75, 3.05) is 0 Å². The van der Waals surface area contributed by atoms with E-state index in [2.05, 4.69) is 18.0 Å². The molecule has 6 nitrogen and oxygen atoms in total. The number of aliphatic hydroxyl groups excluding tert-OH is 1. The fraction of sp³-hybridized carbons (Fsp3) is 0.333. The van der Waals surface area contributed by atoms with Gasteiger partial charge in [0.1, 0.15) is 18.1 Å². The Morgan fingerprint density at radius 2 is 1.75 bits per heavy atom. The first-order chi connectivity index (χ1) is 17.0. The van der Waals surface area contributed by atoms with Crippen molar-refractivity contribution in [3.8, 4) is 11.5 Å². The van der Waals surface area contributed by atoms with E-state index >= 15 is 0 Å². The Bertz CT molecular complexity index is 968. The summed E-state index contributed by atoms with van der Waals surface area (Å²) in [7, 11) is 0. The van der Waals surface area contributed by atoms with E-state index in [9.17, 15) is 18.0 Å². The number of carbonyl (C=O) groups is 1. The molecule has 2 aromatic carbocycles. The van der Waals surface area contributed by atoms with Crippen LogP contribution < -0.4 is 9.47 Å². The lowest BCUT2D eigenvalue weighted by Crippen LogP contribution is -2.18. The van der Waals surface area contributed by atoms with E-state index in [1.807, 2.05) is 13.8 Å². The SMILES string of the molecule is C/C=C\O.C=C(CCC)c1cc(COc2ccc(C(C)CC(=O)O)cc2)ccc1OC(F)(F)F.C=N. The number of alkyl halides is 3. The maximum atomic E-state index is 12.7. The first-order valence-corrected chi connectivity index (χ1v) is 11.1. The standard InChI is InChI=1S/C23H25F3O4.C3H6O.CH3N/c1-4-5-15(2)20-13-17(6-11-21(20)30-23(24,25)26)14-29-19-9-7-18(8-10-19)16(3)12-22(27)28;1-2-3-4;1-2/h6-11,13,16H,2,4-5,12,14H2,1,3H3,(H,27,28);2-4H,1H3;2H,1H2/b;3-2-;. The zero-order chi connectivity index (χ0) is 27.7. The number of rotatable bonds is 10. The Hall–Kier alpha value is -3.75. The van der Waals surface area contributed by atoms with Crippen molar-refractivity contribution in [1.82, 2.24) is 0 Å². The van der Waals surface area contributed by atoms with Crippen LogP contribution >= 0.6 is 0 Å². The van der Waals surface area contributed by atoms with Gasteiger partial charge >= 0.3 is 12.3 Å². The zero-order valence-corrected chi connectivity index (χ0v) is 20.8. The van der Waals surface area contributed by atoms with Gasteiger partial charge in [-0.25, -0.2) is 0 Å². The van der Waals surface area contributed by atoms with Crippen LogP contribution in [0.1, 0.15) is 62.6 Å². The van der Waals surface area contributed by atoms with Crippen molar-refractivity contribution in [3.05, 3.63) is 78.1 Å². The van der Waals surface area contributed by atoms with Crippen LogP contribution in [0.15, 0.2) is 61.4 Å². The van der Waals surface area contributed by atoms with Crippen LogP contribution in [0.25, 0.3) is 5.57 Å². The number of nitrogens with one attached hydrogen (secondary N) is 1. The molecule has 0 amide bonds. The van der Waals surface area contributed by atoms with E-state index in [4.69, 9.17) is 20.4 Å². The molecule has 1 unspecified atom stereocenters. The van der Waals surface area contributed by atoms with Gasteiger partial charge in [0.25, 0.3) is 0 Å². The van der Waals surface area contributed by atoms with Crippen LogP contribution in [-0.4, -0.2) is 29.3 Å². The van der Waals surface area contributed by atoms with Crippen LogP contribution in [0.4, 0.5) is 13.2 Å². The van der Waals surface area contributed by atoms with E-state index in [0.717, 1.165) is 18.2 Å².